The van der Waals surface area contributed by atoms with Gasteiger partial charge < -0.3 is 16.0 Å². The van der Waals surface area contributed by atoms with Crippen LogP contribution in [-0.4, -0.2) is 37.0 Å². The minimum absolute atomic E-state index is 0.0137. The molecule has 1 aliphatic heterocycles. The summed E-state index contributed by atoms with van der Waals surface area (Å²) in [5.74, 6) is 0.0991. The van der Waals surface area contributed by atoms with Gasteiger partial charge in [0.05, 0.1) is 0 Å². The van der Waals surface area contributed by atoms with Crippen LogP contribution in [0.25, 0.3) is 0 Å². The Balaban J connectivity index is 2.04. The van der Waals surface area contributed by atoms with Crippen molar-refractivity contribution < 1.29 is 9.59 Å². The second kappa shape index (κ2) is 8.87. The van der Waals surface area contributed by atoms with E-state index in [9.17, 15) is 9.59 Å². The van der Waals surface area contributed by atoms with E-state index in [4.69, 9.17) is 0 Å². The molecule has 3 unspecified atom stereocenters. The summed E-state index contributed by atoms with van der Waals surface area (Å²) in [5, 5.41) is 9.41. The van der Waals surface area contributed by atoms with Gasteiger partial charge in [-0.15, -0.1) is 0 Å². The van der Waals surface area contributed by atoms with E-state index in [1.807, 2.05) is 38.1 Å². The molecular formula is C22H35N3O2. The van der Waals surface area contributed by atoms with Crippen LogP contribution >= 0.6 is 0 Å². The second-order valence-corrected chi connectivity index (χ2v) is 9.11. The van der Waals surface area contributed by atoms with Crippen LogP contribution < -0.4 is 16.0 Å². The van der Waals surface area contributed by atoms with Crippen molar-refractivity contribution in [1.82, 2.24) is 16.0 Å². The summed E-state index contributed by atoms with van der Waals surface area (Å²) < 4.78 is 0. The van der Waals surface area contributed by atoms with Crippen molar-refractivity contribution in [2.24, 2.45) is 11.8 Å². The number of amides is 2. The molecule has 1 aromatic carbocycles. The zero-order valence-electron chi connectivity index (χ0n) is 17.6. The Bertz CT molecular complexity index is 647. The smallest absolute Gasteiger partial charge is 0.251 e. The molecule has 150 valence electrons. The predicted octanol–water partition coefficient (Wildman–Crippen LogP) is 2.85. The van der Waals surface area contributed by atoms with E-state index in [1.165, 1.54) is 5.56 Å². The number of carbonyl (C=O) groups is 2. The van der Waals surface area contributed by atoms with Crippen LogP contribution in [0.5, 0.6) is 0 Å². The highest BCUT2D eigenvalue weighted by Crippen LogP contribution is 2.22. The average molecular weight is 374 g/mol. The highest BCUT2D eigenvalue weighted by Gasteiger charge is 2.29. The quantitative estimate of drug-likeness (QED) is 0.743. The Morgan fingerprint density at radius 1 is 1.15 bits per heavy atom. The fraction of sp³-hybridized carbons (Fsp3) is 0.636. The number of benzene rings is 1. The van der Waals surface area contributed by atoms with E-state index >= 15 is 0 Å². The first kappa shape index (κ1) is 21.4. The van der Waals surface area contributed by atoms with Gasteiger partial charge in [-0.25, -0.2) is 0 Å². The minimum atomic E-state index is -0.540. The first-order chi connectivity index (χ1) is 12.6. The Kier molecular flexibility index (Phi) is 7.04. The lowest BCUT2D eigenvalue weighted by Crippen LogP contribution is -2.55. The maximum atomic E-state index is 12.8. The van der Waals surface area contributed by atoms with Crippen molar-refractivity contribution in [2.75, 3.05) is 13.1 Å². The molecule has 1 fully saturated rings. The van der Waals surface area contributed by atoms with Crippen molar-refractivity contribution in [3.8, 4) is 0 Å². The highest BCUT2D eigenvalue weighted by atomic mass is 16.2. The first-order valence-electron chi connectivity index (χ1n) is 10.0. The third-order valence-electron chi connectivity index (χ3n) is 5.36. The largest absolute Gasteiger partial charge is 0.351 e. The van der Waals surface area contributed by atoms with E-state index in [0.717, 1.165) is 19.5 Å². The molecule has 27 heavy (non-hydrogen) atoms. The summed E-state index contributed by atoms with van der Waals surface area (Å²) in [6, 6.07) is 7.25. The van der Waals surface area contributed by atoms with Crippen molar-refractivity contribution in [3.63, 3.8) is 0 Å². The summed E-state index contributed by atoms with van der Waals surface area (Å²) in [6.45, 7) is 14.3. The number of piperidine rings is 1. The monoisotopic (exact) mass is 373 g/mol. The molecule has 1 saturated heterocycles. The van der Waals surface area contributed by atoms with Gasteiger partial charge >= 0.3 is 0 Å². The maximum absolute atomic E-state index is 12.8. The summed E-state index contributed by atoms with van der Waals surface area (Å²) in [4.78, 5) is 25.5. The third-order valence-corrected chi connectivity index (χ3v) is 5.36. The standard InChI is InChI=1S/C22H35N3O2/c1-14(2)19(21(27)24-18-11-12-23-13-15(18)3)25-20(26)16-7-9-17(10-8-16)22(4,5)6/h7-10,14-15,18-19,23H,11-13H2,1-6H3,(H,24,27)(H,25,26). The van der Waals surface area contributed by atoms with Crippen LogP contribution in [0.3, 0.4) is 0 Å². The zero-order valence-corrected chi connectivity index (χ0v) is 17.6. The molecule has 1 aliphatic rings. The lowest BCUT2D eigenvalue weighted by atomic mass is 9.86. The molecule has 2 rings (SSSR count). The van der Waals surface area contributed by atoms with Crippen LogP contribution in [0.1, 0.15) is 63.9 Å². The van der Waals surface area contributed by atoms with Crippen LogP contribution in [-0.2, 0) is 10.2 Å². The summed E-state index contributed by atoms with van der Waals surface area (Å²) in [5.41, 5.74) is 1.80. The second-order valence-electron chi connectivity index (χ2n) is 9.11. The molecule has 0 spiro atoms. The normalized spacial score (nSPS) is 21.6. The number of hydrogen-bond donors (Lipinski definition) is 3. The molecule has 5 nitrogen and oxygen atoms in total. The molecule has 1 aromatic rings. The Labute approximate surface area is 163 Å². The molecule has 0 radical (unpaired) electrons. The number of carbonyl (C=O) groups excluding carboxylic acids is 2. The molecular weight excluding hydrogens is 338 g/mol. The first-order valence-corrected chi connectivity index (χ1v) is 10.0. The number of nitrogens with one attached hydrogen (secondary N) is 3. The lowest BCUT2D eigenvalue weighted by molar-refractivity contribution is -0.125. The lowest BCUT2D eigenvalue weighted by Gasteiger charge is -2.32. The Morgan fingerprint density at radius 3 is 2.30 bits per heavy atom. The third kappa shape index (κ3) is 5.80. The number of rotatable bonds is 5. The summed E-state index contributed by atoms with van der Waals surface area (Å²) in [6.07, 6.45) is 0.917. The van der Waals surface area contributed by atoms with Gasteiger partial charge in [-0.2, -0.15) is 0 Å². The molecule has 5 heteroatoms. The Morgan fingerprint density at radius 2 is 1.78 bits per heavy atom. The van der Waals surface area contributed by atoms with E-state index in [-0.39, 0.29) is 29.2 Å². The molecule has 2 amide bonds. The summed E-state index contributed by atoms with van der Waals surface area (Å²) in [7, 11) is 0. The fourth-order valence-electron chi connectivity index (χ4n) is 3.38. The van der Waals surface area contributed by atoms with Crippen LogP contribution in [0.15, 0.2) is 24.3 Å². The van der Waals surface area contributed by atoms with Crippen molar-refractivity contribution in [1.29, 1.82) is 0 Å². The van der Waals surface area contributed by atoms with Crippen LogP contribution in [0.4, 0.5) is 0 Å². The van der Waals surface area contributed by atoms with E-state index in [2.05, 4.69) is 43.6 Å². The molecule has 3 atom stereocenters. The molecule has 0 bridgehead atoms. The van der Waals surface area contributed by atoms with Crippen LogP contribution in [0, 0.1) is 11.8 Å². The van der Waals surface area contributed by atoms with Gasteiger partial charge in [0.25, 0.3) is 5.91 Å². The predicted molar refractivity (Wildman–Crippen MR) is 110 cm³/mol. The van der Waals surface area contributed by atoms with Crippen molar-refractivity contribution in [3.05, 3.63) is 35.4 Å². The van der Waals surface area contributed by atoms with E-state index in [1.54, 1.807) is 0 Å². The molecule has 0 saturated carbocycles. The molecule has 0 aliphatic carbocycles. The average Bonchev–Trinajstić information content (AvgIpc) is 2.60. The van der Waals surface area contributed by atoms with Gasteiger partial charge in [-0.1, -0.05) is 53.7 Å². The maximum Gasteiger partial charge on any atom is 0.251 e. The van der Waals surface area contributed by atoms with Gasteiger partial charge in [-0.3, -0.25) is 9.59 Å². The van der Waals surface area contributed by atoms with Crippen molar-refractivity contribution in [2.45, 2.75) is 65.5 Å². The van der Waals surface area contributed by atoms with Crippen molar-refractivity contribution >= 4 is 11.8 Å². The topological polar surface area (TPSA) is 70.2 Å². The van der Waals surface area contributed by atoms with E-state index in [0.29, 0.717) is 11.5 Å². The minimum Gasteiger partial charge on any atom is -0.351 e. The molecule has 3 N–H and O–H groups in total. The van der Waals surface area contributed by atoms with Gasteiger partial charge in [0, 0.05) is 11.6 Å². The van der Waals surface area contributed by atoms with Crippen LogP contribution in [0.2, 0.25) is 0 Å². The summed E-state index contributed by atoms with van der Waals surface area (Å²) >= 11 is 0. The number of hydrogen-bond acceptors (Lipinski definition) is 3. The molecule has 0 aromatic heterocycles. The zero-order chi connectivity index (χ0) is 20.2. The fourth-order valence-corrected chi connectivity index (χ4v) is 3.38. The molecule has 1 heterocycles. The SMILES string of the molecule is CC(C)C(NC(=O)c1ccc(C(C)(C)C)cc1)C(=O)NC1CCNCC1C. The Hall–Kier alpha value is -1.88. The van der Waals surface area contributed by atoms with Gasteiger partial charge in [0.1, 0.15) is 6.04 Å². The van der Waals surface area contributed by atoms with Gasteiger partial charge in [-0.05, 0) is 54.5 Å². The van der Waals surface area contributed by atoms with E-state index < -0.39 is 6.04 Å². The van der Waals surface area contributed by atoms with Gasteiger partial charge in [0.2, 0.25) is 5.91 Å². The van der Waals surface area contributed by atoms with Gasteiger partial charge in [0.15, 0.2) is 0 Å². The highest BCUT2D eigenvalue weighted by molar-refractivity contribution is 5.97.